The number of carbonyl (C=O) groups excluding carboxylic acids is 1. The molecule has 2 aliphatic heterocycles. The molecule has 6 nitrogen and oxygen atoms in total. The smallest absolute Gasteiger partial charge is 0.274 e. The van der Waals surface area contributed by atoms with Gasteiger partial charge in [0.1, 0.15) is 6.61 Å². The van der Waals surface area contributed by atoms with Gasteiger partial charge in [0.15, 0.2) is 15.0 Å². The molecule has 2 saturated heterocycles. The SMILES string of the molecule is CCN1C(=NC(=O)COC)S[C@H]2CS(=O)(=O)C[C@H]21. The number of rotatable bonds is 3. The summed E-state index contributed by atoms with van der Waals surface area (Å²) < 4.78 is 27.9. The van der Waals surface area contributed by atoms with Gasteiger partial charge >= 0.3 is 0 Å². The van der Waals surface area contributed by atoms with Crippen LogP contribution in [-0.4, -0.2) is 67.5 Å². The Morgan fingerprint density at radius 3 is 2.89 bits per heavy atom. The molecular weight excluding hydrogens is 276 g/mol. The number of aliphatic imine (C=N–C) groups is 1. The Labute approximate surface area is 111 Å². The van der Waals surface area contributed by atoms with Crippen molar-refractivity contribution in [3.63, 3.8) is 0 Å². The zero-order valence-corrected chi connectivity index (χ0v) is 12.0. The van der Waals surface area contributed by atoms with Crippen LogP contribution in [0.1, 0.15) is 6.92 Å². The van der Waals surface area contributed by atoms with Gasteiger partial charge in [-0.05, 0) is 6.92 Å². The fourth-order valence-electron chi connectivity index (χ4n) is 2.27. The standard InChI is InChI=1S/C10H16N2O4S2/c1-3-12-7-5-18(14,15)6-8(7)17-10(12)11-9(13)4-16-2/h7-8H,3-6H2,1-2H3/t7-,8+/m1/s1. The van der Waals surface area contributed by atoms with Crippen LogP contribution in [0.15, 0.2) is 4.99 Å². The van der Waals surface area contributed by atoms with Crippen molar-refractivity contribution in [2.75, 3.05) is 31.8 Å². The topological polar surface area (TPSA) is 76.0 Å². The molecular formula is C10H16N2O4S2. The largest absolute Gasteiger partial charge is 0.375 e. The number of ether oxygens (including phenoxy) is 1. The maximum atomic E-state index is 11.6. The molecule has 2 heterocycles. The minimum absolute atomic E-state index is 0.00375. The monoisotopic (exact) mass is 292 g/mol. The fraction of sp³-hybridized carbons (Fsp3) is 0.800. The Kier molecular flexibility index (Phi) is 3.98. The minimum Gasteiger partial charge on any atom is -0.375 e. The van der Waals surface area contributed by atoms with Crippen molar-refractivity contribution in [3.8, 4) is 0 Å². The van der Waals surface area contributed by atoms with Gasteiger partial charge in [0.05, 0.1) is 17.5 Å². The summed E-state index contributed by atoms with van der Waals surface area (Å²) in [6.07, 6.45) is 0. The number of fused-ring (bicyclic) bond motifs is 1. The summed E-state index contributed by atoms with van der Waals surface area (Å²) in [4.78, 5) is 17.3. The molecule has 0 radical (unpaired) electrons. The summed E-state index contributed by atoms with van der Waals surface area (Å²) in [5, 5.41) is 0.633. The molecule has 2 rings (SSSR count). The quantitative estimate of drug-likeness (QED) is 0.714. The predicted octanol–water partition coefficient (Wildman–Crippen LogP) is -0.250. The number of sulfone groups is 1. The lowest BCUT2D eigenvalue weighted by Crippen LogP contribution is -2.37. The third-order valence-corrected chi connectivity index (χ3v) is 6.25. The van der Waals surface area contributed by atoms with Gasteiger partial charge in [-0.1, -0.05) is 11.8 Å². The molecule has 2 aliphatic rings. The van der Waals surface area contributed by atoms with E-state index in [1.807, 2.05) is 11.8 Å². The first-order chi connectivity index (χ1) is 8.46. The van der Waals surface area contributed by atoms with Crippen LogP contribution in [0.4, 0.5) is 0 Å². The first-order valence-corrected chi connectivity index (χ1v) is 8.41. The molecule has 0 aromatic carbocycles. The summed E-state index contributed by atoms with van der Waals surface area (Å²) in [5.74, 6) is 0.00745. The van der Waals surface area contributed by atoms with Crippen LogP contribution in [0.2, 0.25) is 0 Å². The van der Waals surface area contributed by atoms with Crippen LogP contribution < -0.4 is 0 Å². The van der Waals surface area contributed by atoms with Crippen molar-refractivity contribution in [1.82, 2.24) is 4.90 Å². The Balaban J connectivity index is 2.16. The van der Waals surface area contributed by atoms with E-state index in [2.05, 4.69) is 4.99 Å². The molecule has 0 aromatic heterocycles. The van der Waals surface area contributed by atoms with Crippen molar-refractivity contribution < 1.29 is 17.9 Å². The Morgan fingerprint density at radius 1 is 1.56 bits per heavy atom. The van der Waals surface area contributed by atoms with Gasteiger partial charge in [-0.25, -0.2) is 8.42 Å². The first kappa shape index (κ1) is 13.8. The zero-order chi connectivity index (χ0) is 13.3. The van der Waals surface area contributed by atoms with E-state index in [1.165, 1.54) is 18.9 Å². The number of hydrogen-bond acceptors (Lipinski definition) is 5. The van der Waals surface area contributed by atoms with E-state index >= 15 is 0 Å². The van der Waals surface area contributed by atoms with Crippen LogP contribution in [0.5, 0.6) is 0 Å². The van der Waals surface area contributed by atoms with Crippen molar-refractivity contribution in [2.24, 2.45) is 4.99 Å². The zero-order valence-electron chi connectivity index (χ0n) is 10.3. The van der Waals surface area contributed by atoms with Gasteiger partial charge in [-0.15, -0.1) is 0 Å². The van der Waals surface area contributed by atoms with Crippen molar-refractivity contribution >= 4 is 32.7 Å². The van der Waals surface area contributed by atoms with E-state index in [0.29, 0.717) is 11.7 Å². The molecule has 18 heavy (non-hydrogen) atoms. The molecule has 0 saturated carbocycles. The average Bonchev–Trinajstić information content (AvgIpc) is 2.69. The molecule has 8 heteroatoms. The average molecular weight is 292 g/mol. The molecule has 2 fully saturated rings. The fourth-order valence-corrected chi connectivity index (χ4v) is 6.30. The molecule has 2 atom stereocenters. The molecule has 102 valence electrons. The molecule has 0 unspecified atom stereocenters. The lowest BCUT2D eigenvalue weighted by Gasteiger charge is -2.22. The summed E-state index contributed by atoms with van der Waals surface area (Å²) in [6.45, 7) is 2.54. The van der Waals surface area contributed by atoms with Crippen molar-refractivity contribution in [3.05, 3.63) is 0 Å². The van der Waals surface area contributed by atoms with E-state index in [1.54, 1.807) is 0 Å². The molecule has 1 amide bonds. The maximum absolute atomic E-state index is 11.6. The number of nitrogens with zero attached hydrogens (tertiary/aromatic N) is 2. The van der Waals surface area contributed by atoms with Crippen molar-refractivity contribution in [2.45, 2.75) is 18.2 Å². The lowest BCUT2D eigenvalue weighted by atomic mass is 10.2. The second kappa shape index (κ2) is 5.18. The van der Waals surface area contributed by atoms with Gasteiger partial charge < -0.3 is 9.64 Å². The number of hydrogen-bond donors (Lipinski definition) is 0. The van der Waals surface area contributed by atoms with E-state index < -0.39 is 9.84 Å². The number of carbonyl (C=O) groups is 1. The predicted molar refractivity (Wildman–Crippen MR) is 70.5 cm³/mol. The minimum atomic E-state index is -2.94. The van der Waals surface area contributed by atoms with E-state index in [0.717, 1.165) is 0 Å². The molecule has 0 aliphatic carbocycles. The summed E-state index contributed by atoms with van der Waals surface area (Å²) in [5.41, 5.74) is 0. The number of amidine groups is 1. The Bertz CT molecular complexity index is 474. The van der Waals surface area contributed by atoms with E-state index in [4.69, 9.17) is 4.74 Å². The van der Waals surface area contributed by atoms with Crippen molar-refractivity contribution in [1.29, 1.82) is 0 Å². The van der Waals surface area contributed by atoms with Gasteiger partial charge in [-0.2, -0.15) is 4.99 Å². The molecule has 0 spiro atoms. The Hall–Kier alpha value is -0.600. The number of thioether (sulfide) groups is 1. The van der Waals surface area contributed by atoms with Crippen LogP contribution >= 0.6 is 11.8 Å². The van der Waals surface area contributed by atoms with Gasteiger partial charge in [0, 0.05) is 18.9 Å². The number of methoxy groups -OCH3 is 1. The van der Waals surface area contributed by atoms with Gasteiger partial charge in [0.2, 0.25) is 0 Å². The summed E-state index contributed by atoms with van der Waals surface area (Å²) >= 11 is 1.39. The second-order valence-corrected chi connectivity index (χ2v) is 7.67. The second-order valence-electron chi connectivity index (χ2n) is 4.31. The normalized spacial score (nSPS) is 31.9. The van der Waals surface area contributed by atoms with Crippen LogP contribution in [0.3, 0.4) is 0 Å². The highest BCUT2D eigenvalue weighted by Gasteiger charge is 2.48. The van der Waals surface area contributed by atoms with Gasteiger partial charge in [0.25, 0.3) is 5.91 Å². The summed E-state index contributed by atoms with van der Waals surface area (Å²) in [6, 6.07) is -0.0425. The third kappa shape index (κ3) is 2.70. The van der Waals surface area contributed by atoms with E-state index in [-0.39, 0.29) is 35.3 Å². The number of amides is 1. The van der Waals surface area contributed by atoms with Crippen LogP contribution in [0, 0.1) is 0 Å². The molecule has 0 bridgehead atoms. The van der Waals surface area contributed by atoms with Crippen LogP contribution in [-0.2, 0) is 19.4 Å². The summed E-state index contributed by atoms with van der Waals surface area (Å²) in [7, 11) is -1.49. The first-order valence-electron chi connectivity index (χ1n) is 5.71. The third-order valence-electron chi connectivity index (χ3n) is 3.00. The lowest BCUT2D eigenvalue weighted by molar-refractivity contribution is -0.121. The highest BCUT2D eigenvalue weighted by Crippen LogP contribution is 2.37. The Morgan fingerprint density at radius 2 is 2.28 bits per heavy atom. The van der Waals surface area contributed by atoms with Gasteiger partial charge in [-0.3, -0.25) is 4.79 Å². The highest BCUT2D eigenvalue weighted by atomic mass is 32.2. The van der Waals surface area contributed by atoms with E-state index in [9.17, 15) is 13.2 Å². The highest BCUT2D eigenvalue weighted by molar-refractivity contribution is 8.15. The molecule has 0 aromatic rings. The maximum Gasteiger partial charge on any atom is 0.274 e. The molecule has 0 N–H and O–H groups in total. The van der Waals surface area contributed by atoms with Crippen LogP contribution in [0.25, 0.3) is 0 Å².